The molecule has 84 valence electrons. The molecule has 0 aromatic rings. The molecule has 3 nitrogen and oxygen atoms in total. The third-order valence-corrected chi connectivity index (χ3v) is 3.33. The summed E-state index contributed by atoms with van der Waals surface area (Å²) < 4.78 is 11.0. The molecule has 0 aromatic carbocycles. The molecule has 5 heteroatoms. The fourth-order valence-electron chi connectivity index (χ4n) is 0.917. The van der Waals surface area contributed by atoms with Gasteiger partial charge in [-0.25, -0.2) is 0 Å². The SMILES string of the molecule is CCS(=O)CCNC(=O)CCCCCl. The molecule has 1 unspecified atom stereocenters. The van der Waals surface area contributed by atoms with Crippen LogP contribution in [-0.2, 0) is 15.6 Å². The molecule has 1 N–H and O–H groups in total. The molecule has 0 spiro atoms. The smallest absolute Gasteiger partial charge is 0.220 e. The molecule has 0 fully saturated rings. The Morgan fingerprint density at radius 1 is 1.43 bits per heavy atom. The van der Waals surface area contributed by atoms with Crippen molar-refractivity contribution in [3.63, 3.8) is 0 Å². The predicted molar refractivity (Wildman–Crippen MR) is 61.1 cm³/mol. The molecular weight excluding hydrogens is 222 g/mol. The van der Waals surface area contributed by atoms with Crippen molar-refractivity contribution in [3.05, 3.63) is 0 Å². The molecule has 0 radical (unpaired) electrons. The summed E-state index contributed by atoms with van der Waals surface area (Å²) in [5, 5.41) is 2.73. The van der Waals surface area contributed by atoms with Crippen molar-refractivity contribution in [2.24, 2.45) is 0 Å². The van der Waals surface area contributed by atoms with E-state index in [9.17, 15) is 9.00 Å². The van der Waals surface area contributed by atoms with Gasteiger partial charge in [0.25, 0.3) is 0 Å². The summed E-state index contributed by atoms with van der Waals surface area (Å²) in [6.45, 7) is 2.39. The zero-order valence-corrected chi connectivity index (χ0v) is 10.1. The van der Waals surface area contributed by atoms with Crippen LogP contribution in [0, 0.1) is 0 Å². The molecule has 0 aliphatic rings. The molecule has 0 aromatic heterocycles. The van der Waals surface area contributed by atoms with Crippen molar-refractivity contribution >= 4 is 28.3 Å². The van der Waals surface area contributed by atoms with Crippen molar-refractivity contribution in [1.82, 2.24) is 5.32 Å². The Balaban J connectivity index is 3.31. The number of hydrogen-bond acceptors (Lipinski definition) is 2. The Labute approximate surface area is 93.0 Å². The van der Waals surface area contributed by atoms with Crippen LogP contribution >= 0.6 is 11.6 Å². The van der Waals surface area contributed by atoms with Gasteiger partial charge in [-0.05, 0) is 12.8 Å². The molecule has 0 aliphatic carbocycles. The fourth-order valence-corrected chi connectivity index (χ4v) is 1.72. The van der Waals surface area contributed by atoms with Crippen LogP contribution in [0.4, 0.5) is 0 Å². The third kappa shape index (κ3) is 8.51. The van der Waals surface area contributed by atoms with E-state index in [1.807, 2.05) is 6.92 Å². The topological polar surface area (TPSA) is 46.2 Å². The standard InChI is InChI=1S/C9H18ClNO2S/c1-2-14(13)8-7-11-9(12)5-3-4-6-10/h2-8H2,1H3,(H,11,12). The van der Waals surface area contributed by atoms with Gasteiger partial charge in [-0.3, -0.25) is 9.00 Å². The highest BCUT2D eigenvalue weighted by atomic mass is 35.5. The van der Waals surface area contributed by atoms with Gasteiger partial charge in [0.1, 0.15) is 0 Å². The zero-order valence-electron chi connectivity index (χ0n) is 8.55. The van der Waals surface area contributed by atoms with E-state index in [0.717, 1.165) is 12.8 Å². The lowest BCUT2D eigenvalue weighted by Gasteiger charge is -2.03. The molecule has 14 heavy (non-hydrogen) atoms. The fraction of sp³-hybridized carbons (Fsp3) is 0.889. The Kier molecular flexibility index (Phi) is 9.40. The van der Waals surface area contributed by atoms with E-state index in [0.29, 0.717) is 30.4 Å². The number of rotatable bonds is 8. The molecule has 0 bridgehead atoms. The van der Waals surface area contributed by atoms with Gasteiger partial charge in [0.05, 0.1) is 0 Å². The van der Waals surface area contributed by atoms with E-state index in [1.165, 1.54) is 0 Å². The quantitative estimate of drug-likeness (QED) is 0.512. The van der Waals surface area contributed by atoms with Gasteiger partial charge in [0, 0.05) is 41.2 Å². The van der Waals surface area contributed by atoms with Crippen LogP contribution in [0.1, 0.15) is 26.2 Å². The Morgan fingerprint density at radius 2 is 2.14 bits per heavy atom. The lowest BCUT2D eigenvalue weighted by Crippen LogP contribution is -2.27. The summed E-state index contributed by atoms with van der Waals surface area (Å²) in [5.74, 6) is 1.84. The molecule has 0 saturated heterocycles. The summed E-state index contributed by atoms with van der Waals surface area (Å²) >= 11 is 5.48. The first-order valence-corrected chi connectivity index (χ1v) is 6.90. The highest BCUT2D eigenvalue weighted by Crippen LogP contribution is 1.96. The molecule has 0 heterocycles. The van der Waals surface area contributed by atoms with Crippen LogP contribution in [0.25, 0.3) is 0 Å². The van der Waals surface area contributed by atoms with Crippen LogP contribution in [0.2, 0.25) is 0 Å². The largest absolute Gasteiger partial charge is 0.355 e. The number of carbonyl (C=O) groups excluding carboxylic acids is 1. The highest BCUT2D eigenvalue weighted by molar-refractivity contribution is 7.84. The first-order valence-electron chi connectivity index (χ1n) is 4.88. The van der Waals surface area contributed by atoms with Gasteiger partial charge >= 0.3 is 0 Å². The van der Waals surface area contributed by atoms with Crippen molar-refractivity contribution in [1.29, 1.82) is 0 Å². The van der Waals surface area contributed by atoms with Crippen molar-refractivity contribution < 1.29 is 9.00 Å². The summed E-state index contributed by atoms with van der Waals surface area (Å²) in [6.07, 6.45) is 2.22. The molecule has 0 rings (SSSR count). The first-order chi connectivity index (χ1) is 6.70. The second-order valence-electron chi connectivity index (χ2n) is 2.93. The van der Waals surface area contributed by atoms with Crippen LogP contribution in [0.3, 0.4) is 0 Å². The maximum absolute atomic E-state index is 11.1. The Bertz CT molecular complexity index is 188. The van der Waals surface area contributed by atoms with Gasteiger partial charge in [-0.1, -0.05) is 6.92 Å². The Morgan fingerprint density at radius 3 is 2.71 bits per heavy atom. The van der Waals surface area contributed by atoms with E-state index >= 15 is 0 Å². The number of amides is 1. The third-order valence-electron chi connectivity index (χ3n) is 1.76. The summed E-state index contributed by atoms with van der Waals surface area (Å²) in [7, 11) is -0.787. The zero-order chi connectivity index (χ0) is 10.8. The number of unbranched alkanes of at least 4 members (excludes halogenated alkanes) is 1. The maximum Gasteiger partial charge on any atom is 0.220 e. The predicted octanol–water partition coefficient (Wildman–Crippen LogP) is 1.28. The van der Waals surface area contributed by atoms with E-state index in [2.05, 4.69) is 5.32 Å². The van der Waals surface area contributed by atoms with E-state index in [-0.39, 0.29) is 5.91 Å². The molecule has 0 saturated carbocycles. The van der Waals surface area contributed by atoms with Crippen LogP contribution in [0.15, 0.2) is 0 Å². The maximum atomic E-state index is 11.1. The van der Waals surface area contributed by atoms with Gasteiger partial charge in [-0.2, -0.15) is 0 Å². The van der Waals surface area contributed by atoms with Gasteiger partial charge < -0.3 is 5.32 Å². The first kappa shape index (κ1) is 13.9. The number of hydrogen-bond donors (Lipinski definition) is 1. The molecule has 1 amide bonds. The van der Waals surface area contributed by atoms with Crippen molar-refractivity contribution in [3.8, 4) is 0 Å². The number of carbonyl (C=O) groups is 1. The Hall–Kier alpha value is -0.0900. The minimum absolute atomic E-state index is 0.0308. The summed E-state index contributed by atoms with van der Waals surface area (Å²) in [4.78, 5) is 11.1. The van der Waals surface area contributed by atoms with Gasteiger partial charge in [-0.15, -0.1) is 11.6 Å². The second kappa shape index (κ2) is 9.46. The second-order valence-corrected chi connectivity index (χ2v) is 5.17. The van der Waals surface area contributed by atoms with Crippen LogP contribution < -0.4 is 5.32 Å². The lowest BCUT2D eigenvalue weighted by atomic mass is 10.2. The highest BCUT2D eigenvalue weighted by Gasteiger charge is 2.01. The minimum Gasteiger partial charge on any atom is -0.355 e. The molecule has 1 atom stereocenters. The lowest BCUT2D eigenvalue weighted by molar-refractivity contribution is -0.121. The van der Waals surface area contributed by atoms with Crippen LogP contribution in [0.5, 0.6) is 0 Å². The monoisotopic (exact) mass is 239 g/mol. The molecule has 0 aliphatic heterocycles. The van der Waals surface area contributed by atoms with E-state index < -0.39 is 10.8 Å². The average Bonchev–Trinajstić information content (AvgIpc) is 2.18. The number of alkyl halides is 1. The molecular formula is C9H18ClNO2S. The van der Waals surface area contributed by atoms with Gasteiger partial charge in [0.2, 0.25) is 5.91 Å². The van der Waals surface area contributed by atoms with Gasteiger partial charge in [0.15, 0.2) is 0 Å². The van der Waals surface area contributed by atoms with E-state index in [4.69, 9.17) is 11.6 Å². The van der Waals surface area contributed by atoms with Crippen LogP contribution in [-0.4, -0.2) is 34.0 Å². The average molecular weight is 240 g/mol. The van der Waals surface area contributed by atoms with Crippen molar-refractivity contribution in [2.75, 3.05) is 23.9 Å². The summed E-state index contributed by atoms with van der Waals surface area (Å²) in [6, 6.07) is 0. The number of halogens is 1. The van der Waals surface area contributed by atoms with E-state index in [1.54, 1.807) is 0 Å². The summed E-state index contributed by atoms with van der Waals surface area (Å²) in [5.41, 5.74) is 0. The number of nitrogens with one attached hydrogen (secondary N) is 1. The van der Waals surface area contributed by atoms with Crippen molar-refractivity contribution in [2.45, 2.75) is 26.2 Å². The normalized spacial score (nSPS) is 12.4. The minimum atomic E-state index is -0.787.